The summed E-state index contributed by atoms with van der Waals surface area (Å²) in [6.45, 7) is -0.485. The molecule has 0 saturated heterocycles. The van der Waals surface area contributed by atoms with Crippen LogP contribution in [0.15, 0.2) is 18.2 Å². The molecule has 1 aromatic rings. The third kappa shape index (κ3) is 2.41. The Morgan fingerprint density at radius 3 is 2.63 bits per heavy atom. The van der Waals surface area contributed by atoms with Crippen LogP contribution in [-0.4, -0.2) is 30.2 Å². The molecule has 0 saturated carbocycles. The van der Waals surface area contributed by atoms with Crippen molar-refractivity contribution in [3.63, 3.8) is 0 Å². The fraction of sp³-hybridized carbons (Fsp3) is 0.0909. The van der Waals surface area contributed by atoms with Gasteiger partial charge >= 0.3 is 6.03 Å². The average Bonchev–Trinajstić information content (AvgIpc) is 2.53. The number of nitrogens with zero attached hydrogens (tertiary/aromatic N) is 1. The minimum atomic E-state index is -1.03. The number of carbonyl (C=O) groups is 4. The molecule has 7 nitrogen and oxygen atoms in total. The van der Waals surface area contributed by atoms with Gasteiger partial charge in [0.1, 0.15) is 6.54 Å². The van der Waals surface area contributed by atoms with Gasteiger partial charge in [-0.2, -0.15) is 0 Å². The number of nitrogens with one attached hydrogen (secondary N) is 1. The van der Waals surface area contributed by atoms with Crippen molar-refractivity contribution in [2.75, 3.05) is 11.4 Å². The molecule has 98 valence electrons. The Labute approximate surface area is 112 Å². The monoisotopic (exact) mass is 281 g/mol. The molecule has 0 atom stereocenters. The van der Waals surface area contributed by atoms with Crippen LogP contribution < -0.4 is 16.0 Å². The summed E-state index contributed by atoms with van der Waals surface area (Å²) in [7, 11) is 0. The van der Waals surface area contributed by atoms with Gasteiger partial charge in [-0.3, -0.25) is 24.6 Å². The molecule has 3 N–H and O–H groups in total. The summed E-state index contributed by atoms with van der Waals surface area (Å²) < 4.78 is 0. The van der Waals surface area contributed by atoms with E-state index < -0.39 is 30.2 Å². The van der Waals surface area contributed by atoms with Crippen LogP contribution in [0.1, 0.15) is 10.4 Å². The van der Waals surface area contributed by atoms with E-state index in [1.807, 2.05) is 5.32 Å². The highest BCUT2D eigenvalue weighted by atomic mass is 35.5. The molecule has 2 rings (SSSR count). The van der Waals surface area contributed by atoms with E-state index in [1.165, 1.54) is 18.2 Å². The lowest BCUT2D eigenvalue weighted by molar-refractivity contribution is -0.121. The molecule has 19 heavy (non-hydrogen) atoms. The van der Waals surface area contributed by atoms with E-state index in [0.717, 1.165) is 4.90 Å². The first-order valence-corrected chi connectivity index (χ1v) is 5.53. The van der Waals surface area contributed by atoms with E-state index in [-0.39, 0.29) is 11.3 Å². The zero-order chi connectivity index (χ0) is 14.2. The molecule has 0 unspecified atom stereocenters. The number of hydrogen-bond donors (Lipinski definition) is 2. The summed E-state index contributed by atoms with van der Waals surface area (Å²) in [5, 5.41) is 2.13. The van der Waals surface area contributed by atoms with Gasteiger partial charge in [0.2, 0.25) is 5.91 Å². The van der Waals surface area contributed by atoms with Gasteiger partial charge in [-0.15, -0.1) is 0 Å². The number of rotatable bonds is 2. The lowest BCUT2D eigenvalue weighted by Crippen LogP contribution is -2.44. The zero-order valence-electron chi connectivity index (χ0n) is 9.47. The molecule has 1 aliphatic heterocycles. The number of halogens is 1. The molecule has 0 radical (unpaired) electrons. The van der Waals surface area contributed by atoms with Crippen molar-refractivity contribution < 1.29 is 19.2 Å². The zero-order valence-corrected chi connectivity index (χ0v) is 10.2. The molecule has 8 heteroatoms. The van der Waals surface area contributed by atoms with Gasteiger partial charge in [-0.05, 0) is 18.2 Å². The van der Waals surface area contributed by atoms with Crippen molar-refractivity contribution in [1.29, 1.82) is 0 Å². The Bertz CT molecular complexity index is 614. The maximum atomic E-state index is 11.7. The minimum Gasteiger partial charge on any atom is -0.351 e. The van der Waals surface area contributed by atoms with Crippen LogP contribution in [0.3, 0.4) is 0 Å². The van der Waals surface area contributed by atoms with Gasteiger partial charge < -0.3 is 5.73 Å². The van der Waals surface area contributed by atoms with Crippen molar-refractivity contribution in [2.45, 2.75) is 0 Å². The van der Waals surface area contributed by atoms with E-state index >= 15 is 0 Å². The number of carbonyl (C=O) groups excluding carboxylic acids is 4. The van der Waals surface area contributed by atoms with Crippen molar-refractivity contribution in [2.24, 2.45) is 5.73 Å². The number of benzene rings is 1. The summed E-state index contributed by atoms with van der Waals surface area (Å²) in [5.74, 6) is -2.36. The number of amides is 4. The van der Waals surface area contributed by atoms with Crippen LogP contribution >= 0.6 is 11.6 Å². The van der Waals surface area contributed by atoms with Crippen LogP contribution in [0.25, 0.3) is 0 Å². The summed E-state index contributed by atoms with van der Waals surface area (Å²) in [5.41, 5.74) is 5.19. The van der Waals surface area contributed by atoms with Crippen LogP contribution in [-0.2, 0) is 9.59 Å². The average molecular weight is 282 g/mol. The third-order valence-electron chi connectivity index (χ3n) is 2.50. The first-order valence-electron chi connectivity index (χ1n) is 5.15. The number of primary amides is 1. The fourth-order valence-corrected chi connectivity index (χ4v) is 1.91. The van der Waals surface area contributed by atoms with Gasteiger partial charge in [-0.25, -0.2) is 4.79 Å². The van der Waals surface area contributed by atoms with E-state index in [9.17, 15) is 19.2 Å². The molecule has 0 aliphatic carbocycles. The Morgan fingerprint density at radius 1 is 1.32 bits per heavy atom. The smallest absolute Gasteiger partial charge is 0.318 e. The first kappa shape index (κ1) is 13.0. The van der Waals surface area contributed by atoms with Crippen LogP contribution in [0.5, 0.6) is 0 Å². The normalized spacial score (nSPS) is 13.4. The molecule has 1 aliphatic rings. The number of Topliss-reactive ketones (excluding diaryl/α,β-unsaturated/α-hetero) is 1. The largest absolute Gasteiger partial charge is 0.351 e. The molecule has 4 amide bonds. The maximum Gasteiger partial charge on any atom is 0.318 e. The molecule has 0 bridgehead atoms. The lowest BCUT2D eigenvalue weighted by atomic mass is 10.1. The van der Waals surface area contributed by atoms with Gasteiger partial charge in [0.05, 0.1) is 11.3 Å². The molecule has 1 heterocycles. The van der Waals surface area contributed by atoms with Gasteiger partial charge in [0, 0.05) is 5.02 Å². The SMILES string of the molecule is NC(=O)NC(=O)CN1C(=O)C(=O)c2ccc(Cl)cc21. The predicted molar refractivity (Wildman–Crippen MR) is 65.9 cm³/mol. The number of nitrogens with two attached hydrogens (primary N) is 1. The predicted octanol–water partition coefficient (Wildman–Crippen LogP) is 0.0642. The molecule has 0 spiro atoms. The van der Waals surface area contributed by atoms with Crippen LogP contribution in [0.2, 0.25) is 5.02 Å². The fourth-order valence-electron chi connectivity index (χ4n) is 1.74. The van der Waals surface area contributed by atoms with Gasteiger partial charge in [0.25, 0.3) is 11.7 Å². The Balaban J connectivity index is 2.30. The highest BCUT2D eigenvalue weighted by Crippen LogP contribution is 2.31. The summed E-state index contributed by atoms with van der Waals surface area (Å²) in [4.78, 5) is 46.3. The van der Waals surface area contributed by atoms with Crippen molar-refractivity contribution in [3.8, 4) is 0 Å². The number of ketones is 1. The van der Waals surface area contributed by atoms with Crippen molar-refractivity contribution >= 4 is 40.9 Å². The number of hydrogen-bond acceptors (Lipinski definition) is 4. The number of imide groups is 1. The topological polar surface area (TPSA) is 110 Å². The summed E-state index contributed by atoms with van der Waals surface area (Å²) in [6.07, 6.45) is 0. The standard InChI is InChI=1S/C11H8ClN3O4/c12-5-1-2-6-7(3-5)15(10(18)9(6)17)4-8(16)14-11(13)19/h1-3H,4H2,(H3,13,14,16,19). The number of urea groups is 1. The lowest BCUT2D eigenvalue weighted by Gasteiger charge is -2.15. The highest BCUT2D eigenvalue weighted by Gasteiger charge is 2.36. The summed E-state index contributed by atoms with van der Waals surface area (Å²) in [6, 6.07) is 3.24. The Kier molecular flexibility index (Phi) is 3.22. The quantitative estimate of drug-likeness (QED) is 0.747. The maximum absolute atomic E-state index is 11.7. The number of anilines is 1. The highest BCUT2D eigenvalue weighted by molar-refractivity contribution is 6.53. The molecule has 0 fully saturated rings. The van der Waals surface area contributed by atoms with Crippen molar-refractivity contribution in [3.05, 3.63) is 28.8 Å². The molecule has 1 aromatic carbocycles. The Morgan fingerprint density at radius 2 is 2.00 bits per heavy atom. The minimum absolute atomic E-state index is 0.168. The molecular formula is C11H8ClN3O4. The second kappa shape index (κ2) is 4.69. The second-order valence-electron chi connectivity index (χ2n) is 3.79. The van der Waals surface area contributed by atoms with Gasteiger partial charge in [0.15, 0.2) is 0 Å². The van der Waals surface area contributed by atoms with Crippen molar-refractivity contribution in [1.82, 2.24) is 5.32 Å². The number of fused-ring (bicyclic) bond motifs is 1. The molecular weight excluding hydrogens is 274 g/mol. The Hall–Kier alpha value is -2.41. The van der Waals surface area contributed by atoms with E-state index in [4.69, 9.17) is 17.3 Å². The van der Waals surface area contributed by atoms with Gasteiger partial charge in [-0.1, -0.05) is 11.6 Å². The van der Waals surface area contributed by atoms with E-state index in [0.29, 0.717) is 5.02 Å². The van der Waals surface area contributed by atoms with Crippen LogP contribution in [0, 0.1) is 0 Å². The molecule has 0 aromatic heterocycles. The third-order valence-corrected chi connectivity index (χ3v) is 2.73. The first-order chi connectivity index (χ1) is 8.90. The second-order valence-corrected chi connectivity index (χ2v) is 4.23. The van der Waals surface area contributed by atoms with E-state index in [2.05, 4.69) is 0 Å². The van der Waals surface area contributed by atoms with E-state index in [1.54, 1.807) is 0 Å². The summed E-state index contributed by atoms with van der Waals surface area (Å²) >= 11 is 5.78. The van der Waals surface area contributed by atoms with Crippen LogP contribution in [0.4, 0.5) is 10.5 Å².